The number of amides is 1. The number of anilines is 1. The average molecular weight is 271 g/mol. The molecule has 1 amide bonds. The Balaban J connectivity index is 2.26. The lowest BCUT2D eigenvalue weighted by molar-refractivity contribution is -0.167. The lowest BCUT2D eigenvalue weighted by atomic mass is 10.2. The van der Waals surface area contributed by atoms with Crippen LogP contribution in [-0.2, 0) is 11.8 Å². The van der Waals surface area contributed by atoms with E-state index in [4.69, 9.17) is 0 Å². The van der Waals surface area contributed by atoms with Gasteiger partial charge in [0.25, 0.3) is 0 Å². The van der Waals surface area contributed by atoms with Crippen LogP contribution in [-0.4, -0.2) is 32.3 Å². The molecule has 1 aromatic heterocycles. The summed E-state index contributed by atoms with van der Waals surface area (Å²) < 4.78 is 37.7. The molecule has 0 atom stereocenters. The van der Waals surface area contributed by atoms with E-state index in [1.165, 1.54) is 22.9 Å². The Morgan fingerprint density at radius 2 is 2.11 bits per heavy atom. The molecular weight excluding hydrogens is 263 g/mol. The third-order valence-electron chi connectivity index (χ3n) is 2.26. The van der Waals surface area contributed by atoms with E-state index in [2.05, 4.69) is 15.5 Å². The number of carbonyl (C=O) groups is 1. The molecule has 2 aromatic rings. The van der Waals surface area contributed by atoms with Crippen LogP contribution in [0.25, 0.3) is 11.4 Å². The van der Waals surface area contributed by atoms with E-state index in [1.807, 2.05) is 0 Å². The minimum atomic E-state index is -4.93. The maximum atomic E-state index is 12.1. The third-order valence-corrected chi connectivity index (χ3v) is 2.26. The van der Waals surface area contributed by atoms with Gasteiger partial charge in [0.1, 0.15) is 0 Å². The average Bonchev–Trinajstić information content (AvgIpc) is 2.74. The van der Waals surface area contributed by atoms with Crippen molar-refractivity contribution < 1.29 is 18.0 Å². The molecule has 0 spiro atoms. The number of rotatable bonds is 2. The summed E-state index contributed by atoms with van der Waals surface area (Å²) in [7, 11) is 1.59. The smallest absolute Gasteiger partial charge is 0.318 e. The van der Waals surface area contributed by atoms with Gasteiger partial charge in [0.2, 0.25) is 0 Å². The number of halogens is 3. The van der Waals surface area contributed by atoms with E-state index in [-0.39, 0.29) is 5.69 Å². The molecule has 0 fully saturated rings. The third kappa shape index (κ3) is 2.87. The number of nitrogens with zero attached hydrogens (tertiary/aromatic N) is 4. The monoisotopic (exact) mass is 271 g/mol. The fourth-order valence-electron chi connectivity index (χ4n) is 1.41. The summed E-state index contributed by atoms with van der Waals surface area (Å²) in [5.74, 6) is -1.65. The van der Waals surface area contributed by atoms with Crippen molar-refractivity contribution in [2.45, 2.75) is 6.18 Å². The van der Waals surface area contributed by atoms with Crippen molar-refractivity contribution >= 4 is 11.6 Å². The first kappa shape index (κ1) is 13.0. The van der Waals surface area contributed by atoms with E-state index >= 15 is 0 Å². The molecule has 6 nitrogen and oxygen atoms in total. The number of tetrazole rings is 1. The summed E-state index contributed by atoms with van der Waals surface area (Å²) >= 11 is 0. The zero-order chi connectivity index (χ0) is 14.0. The highest BCUT2D eigenvalue weighted by Crippen LogP contribution is 2.22. The second-order valence-corrected chi connectivity index (χ2v) is 3.66. The van der Waals surface area contributed by atoms with Gasteiger partial charge in [0.15, 0.2) is 5.82 Å². The van der Waals surface area contributed by atoms with Gasteiger partial charge in [0, 0.05) is 18.3 Å². The molecule has 0 saturated carbocycles. The molecule has 0 unspecified atom stereocenters. The first-order valence-corrected chi connectivity index (χ1v) is 5.09. The van der Waals surface area contributed by atoms with Crippen LogP contribution in [0.4, 0.5) is 18.9 Å². The van der Waals surface area contributed by atoms with Gasteiger partial charge in [-0.2, -0.15) is 13.2 Å². The highest BCUT2D eigenvalue weighted by molar-refractivity contribution is 5.95. The molecule has 0 aliphatic carbocycles. The normalized spacial score (nSPS) is 11.4. The quantitative estimate of drug-likeness (QED) is 0.895. The molecule has 2 rings (SSSR count). The number of hydrogen-bond donors (Lipinski definition) is 1. The van der Waals surface area contributed by atoms with Crippen molar-refractivity contribution in [3.8, 4) is 11.4 Å². The van der Waals surface area contributed by atoms with Gasteiger partial charge in [0.05, 0.1) is 0 Å². The molecule has 1 N–H and O–H groups in total. The number of aryl methyl sites for hydroxylation is 1. The number of carbonyl (C=O) groups excluding carboxylic acids is 1. The van der Waals surface area contributed by atoms with Gasteiger partial charge in [-0.25, -0.2) is 4.68 Å². The molecule has 0 aliphatic heterocycles. The van der Waals surface area contributed by atoms with Gasteiger partial charge in [-0.05, 0) is 22.6 Å². The van der Waals surface area contributed by atoms with Crippen LogP contribution in [0.15, 0.2) is 24.3 Å². The number of alkyl halides is 3. The highest BCUT2D eigenvalue weighted by Gasteiger charge is 2.38. The van der Waals surface area contributed by atoms with Gasteiger partial charge in [-0.1, -0.05) is 12.1 Å². The molecule has 100 valence electrons. The zero-order valence-electron chi connectivity index (χ0n) is 9.64. The van der Waals surface area contributed by atoms with Gasteiger partial charge < -0.3 is 5.32 Å². The molecule has 9 heteroatoms. The summed E-state index contributed by atoms with van der Waals surface area (Å²) in [5, 5.41) is 12.5. The van der Waals surface area contributed by atoms with Crippen molar-refractivity contribution in [2.75, 3.05) is 5.32 Å². The maximum Gasteiger partial charge on any atom is 0.471 e. The summed E-state index contributed by atoms with van der Waals surface area (Å²) in [4.78, 5) is 10.8. The number of hydrogen-bond acceptors (Lipinski definition) is 4. The molecule has 19 heavy (non-hydrogen) atoms. The van der Waals surface area contributed by atoms with Crippen LogP contribution in [0, 0.1) is 0 Å². The molecule has 1 aromatic carbocycles. The highest BCUT2D eigenvalue weighted by atomic mass is 19.4. The molecule has 0 bridgehead atoms. The first-order valence-electron chi connectivity index (χ1n) is 5.09. The largest absolute Gasteiger partial charge is 0.471 e. The summed E-state index contributed by atoms with van der Waals surface area (Å²) in [6, 6.07) is 5.82. The van der Waals surface area contributed by atoms with E-state index in [1.54, 1.807) is 18.4 Å². The summed E-state index contributed by atoms with van der Waals surface area (Å²) in [6.45, 7) is 0. The lowest BCUT2D eigenvalue weighted by Gasteiger charge is -2.08. The van der Waals surface area contributed by atoms with Crippen LogP contribution in [0.1, 0.15) is 0 Å². The maximum absolute atomic E-state index is 12.1. The van der Waals surface area contributed by atoms with E-state index < -0.39 is 12.1 Å². The first-order chi connectivity index (χ1) is 8.88. The Kier molecular flexibility index (Phi) is 3.19. The predicted molar refractivity (Wildman–Crippen MR) is 58.9 cm³/mol. The van der Waals surface area contributed by atoms with Crippen molar-refractivity contribution in [3.63, 3.8) is 0 Å². The molecule has 0 radical (unpaired) electrons. The Bertz CT molecular complexity index is 607. The van der Waals surface area contributed by atoms with Crippen molar-refractivity contribution in [1.82, 2.24) is 20.2 Å². The topological polar surface area (TPSA) is 72.7 Å². The second-order valence-electron chi connectivity index (χ2n) is 3.66. The molecule has 0 aliphatic rings. The number of aromatic nitrogens is 4. The van der Waals surface area contributed by atoms with Crippen LogP contribution in [0.3, 0.4) is 0 Å². The fraction of sp³-hybridized carbons (Fsp3) is 0.200. The van der Waals surface area contributed by atoms with E-state index in [9.17, 15) is 18.0 Å². The fourth-order valence-corrected chi connectivity index (χ4v) is 1.41. The molecular formula is C10H8F3N5O. The minimum absolute atomic E-state index is 0.0165. The standard InChI is InChI=1S/C10H8F3N5O/c1-18-8(15-16-17-18)6-3-2-4-7(5-6)14-9(19)10(11,12)13/h2-5H,1H3,(H,14,19). The Morgan fingerprint density at radius 1 is 1.37 bits per heavy atom. The lowest BCUT2D eigenvalue weighted by Crippen LogP contribution is -2.29. The Morgan fingerprint density at radius 3 is 2.68 bits per heavy atom. The van der Waals surface area contributed by atoms with Gasteiger partial charge in [-0.3, -0.25) is 4.79 Å². The molecule has 1 heterocycles. The van der Waals surface area contributed by atoms with Crippen LogP contribution in [0.2, 0.25) is 0 Å². The van der Waals surface area contributed by atoms with Crippen molar-refractivity contribution in [1.29, 1.82) is 0 Å². The minimum Gasteiger partial charge on any atom is -0.318 e. The Hall–Kier alpha value is -2.45. The predicted octanol–water partition coefficient (Wildman–Crippen LogP) is 1.38. The number of benzene rings is 1. The van der Waals surface area contributed by atoms with Crippen LogP contribution >= 0.6 is 0 Å². The van der Waals surface area contributed by atoms with Gasteiger partial charge >= 0.3 is 12.1 Å². The van der Waals surface area contributed by atoms with Gasteiger partial charge in [-0.15, -0.1) is 5.10 Å². The SMILES string of the molecule is Cn1nnnc1-c1cccc(NC(=O)C(F)(F)F)c1. The second kappa shape index (κ2) is 4.67. The van der Waals surface area contributed by atoms with Crippen molar-refractivity contribution in [3.05, 3.63) is 24.3 Å². The van der Waals surface area contributed by atoms with E-state index in [0.717, 1.165) is 0 Å². The molecule has 0 saturated heterocycles. The zero-order valence-corrected chi connectivity index (χ0v) is 9.64. The summed E-state index contributed by atoms with van der Waals surface area (Å²) in [5.41, 5.74) is 0.510. The van der Waals surface area contributed by atoms with Crippen molar-refractivity contribution in [2.24, 2.45) is 7.05 Å². The van der Waals surface area contributed by atoms with Crippen LogP contribution in [0.5, 0.6) is 0 Å². The Labute approximate surface area is 105 Å². The van der Waals surface area contributed by atoms with E-state index in [0.29, 0.717) is 11.4 Å². The number of nitrogens with one attached hydrogen (secondary N) is 1. The summed E-state index contributed by atoms with van der Waals surface area (Å²) in [6.07, 6.45) is -4.93. The van der Waals surface area contributed by atoms with Crippen LogP contribution < -0.4 is 5.32 Å².